The molecule has 3 nitrogen and oxygen atoms in total. The van der Waals surface area contributed by atoms with Gasteiger partial charge in [0.05, 0.1) is 0 Å². The molecule has 0 aliphatic heterocycles. The smallest absolute Gasteiger partial charge is 0.226 e. The van der Waals surface area contributed by atoms with Gasteiger partial charge in [-0.15, -0.1) is 0 Å². The van der Waals surface area contributed by atoms with Gasteiger partial charge >= 0.3 is 0 Å². The Kier molecular flexibility index (Phi) is 5.48. The molecule has 116 valence electrons. The fourth-order valence-corrected chi connectivity index (χ4v) is 3.99. The van der Waals surface area contributed by atoms with Gasteiger partial charge in [0.15, 0.2) is 0 Å². The highest BCUT2D eigenvalue weighted by Crippen LogP contribution is 2.33. The van der Waals surface area contributed by atoms with Crippen LogP contribution in [0.3, 0.4) is 0 Å². The second kappa shape index (κ2) is 6.93. The van der Waals surface area contributed by atoms with E-state index in [0.29, 0.717) is 23.8 Å². The Morgan fingerprint density at radius 3 is 2.40 bits per heavy atom. The standard InChI is InChI=1S/C17H32N2O/c1-12(2)11-19(14-7-4-5-8-14)17(20)15-9-6-10-16(18)13(15)3/h12-16H,4-11,18H2,1-3H3. The van der Waals surface area contributed by atoms with Gasteiger partial charge < -0.3 is 10.6 Å². The predicted octanol–water partition coefficient (Wildman–Crippen LogP) is 3.18. The highest BCUT2D eigenvalue weighted by molar-refractivity contribution is 5.79. The number of rotatable bonds is 4. The summed E-state index contributed by atoms with van der Waals surface area (Å²) in [6.45, 7) is 7.52. The molecule has 0 aromatic carbocycles. The zero-order chi connectivity index (χ0) is 14.7. The van der Waals surface area contributed by atoms with E-state index < -0.39 is 0 Å². The lowest BCUT2D eigenvalue weighted by atomic mass is 9.76. The quantitative estimate of drug-likeness (QED) is 0.859. The predicted molar refractivity (Wildman–Crippen MR) is 83.3 cm³/mol. The van der Waals surface area contributed by atoms with E-state index in [-0.39, 0.29) is 12.0 Å². The summed E-state index contributed by atoms with van der Waals surface area (Å²) in [5.41, 5.74) is 6.19. The van der Waals surface area contributed by atoms with Crippen LogP contribution >= 0.6 is 0 Å². The molecule has 2 aliphatic rings. The fourth-order valence-electron chi connectivity index (χ4n) is 3.99. The number of amides is 1. The summed E-state index contributed by atoms with van der Waals surface area (Å²) in [6.07, 6.45) is 8.20. The summed E-state index contributed by atoms with van der Waals surface area (Å²) in [4.78, 5) is 15.3. The van der Waals surface area contributed by atoms with Gasteiger partial charge in [-0.3, -0.25) is 4.79 Å². The zero-order valence-electron chi connectivity index (χ0n) is 13.5. The maximum atomic E-state index is 13.0. The molecule has 2 saturated carbocycles. The van der Waals surface area contributed by atoms with Crippen molar-refractivity contribution in [1.29, 1.82) is 0 Å². The molecule has 1 amide bonds. The van der Waals surface area contributed by atoms with Gasteiger partial charge in [0.2, 0.25) is 5.91 Å². The van der Waals surface area contributed by atoms with Crippen LogP contribution < -0.4 is 5.73 Å². The SMILES string of the molecule is CC(C)CN(C(=O)C1CCCC(N)C1C)C1CCCC1. The van der Waals surface area contributed by atoms with Gasteiger partial charge in [0.25, 0.3) is 0 Å². The van der Waals surface area contributed by atoms with E-state index in [1.54, 1.807) is 0 Å². The average Bonchev–Trinajstić information content (AvgIpc) is 2.92. The van der Waals surface area contributed by atoms with Crippen molar-refractivity contribution >= 4 is 5.91 Å². The molecule has 0 aromatic heterocycles. The van der Waals surface area contributed by atoms with Gasteiger partial charge in [-0.25, -0.2) is 0 Å². The van der Waals surface area contributed by atoms with Crippen LogP contribution in [0.2, 0.25) is 0 Å². The highest BCUT2D eigenvalue weighted by atomic mass is 16.2. The molecule has 0 spiro atoms. The molecule has 2 aliphatic carbocycles. The van der Waals surface area contributed by atoms with Gasteiger partial charge in [-0.1, -0.05) is 40.0 Å². The molecule has 2 N–H and O–H groups in total. The third-order valence-corrected chi connectivity index (χ3v) is 5.29. The Labute approximate surface area is 124 Å². The lowest BCUT2D eigenvalue weighted by molar-refractivity contribution is -0.141. The van der Waals surface area contributed by atoms with E-state index in [1.165, 1.54) is 25.7 Å². The van der Waals surface area contributed by atoms with Gasteiger partial charge in [-0.05, 0) is 37.5 Å². The normalized spacial score (nSPS) is 31.8. The summed E-state index contributed by atoms with van der Waals surface area (Å²) < 4.78 is 0. The van der Waals surface area contributed by atoms with Gasteiger partial charge in [-0.2, -0.15) is 0 Å². The summed E-state index contributed by atoms with van der Waals surface area (Å²) >= 11 is 0. The van der Waals surface area contributed by atoms with E-state index >= 15 is 0 Å². The fraction of sp³-hybridized carbons (Fsp3) is 0.941. The van der Waals surface area contributed by atoms with Crippen LogP contribution in [0.25, 0.3) is 0 Å². The molecule has 3 atom stereocenters. The topological polar surface area (TPSA) is 46.3 Å². The van der Waals surface area contributed by atoms with E-state index in [0.717, 1.165) is 25.8 Å². The van der Waals surface area contributed by atoms with Crippen molar-refractivity contribution in [1.82, 2.24) is 4.90 Å². The number of carbonyl (C=O) groups is 1. The number of nitrogens with two attached hydrogens (primary N) is 1. The number of nitrogens with zero attached hydrogens (tertiary/aromatic N) is 1. The Morgan fingerprint density at radius 2 is 1.80 bits per heavy atom. The maximum absolute atomic E-state index is 13.0. The van der Waals surface area contributed by atoms with E-state index in [4.69, 9.17) is 5.73 Å². The minimum absolute atomic E-state index is 0.165. The molecule has 2 rings (SSSR count). The van der Waals surface area contributed by atoms with E-state index in [9.17, 15) is 4.79 Å². The third-order valence-electron chi connectivity index (χ3n) is 5.29. The largest absolute Gasteiger partial charge is 0.339 e. The first-order chi connectivity index (χ1) is 9.50. The second-order valence-corrected chi connectivity index (χ2v) is 7.38. The summed E-state index contributed by atoms with van der Waals surface area (Å²) in [6, 6.07) is 0.706. The lowest BCUT2D eigenvalue weighted by Crippen LogP contribution is -2.49. The number of hydrogen-bond acceptors (Lipinski definition) is 2. The van der Waals surface area contributed by atoms with Crippen molar-refractivity contribution in [3.63, 3.8) is 0 Å². The number of carbonyl (C=O) groups excluding carboxylic acids is 1. The van der Waals surface area contributed by atoms with Crippen molar-refractivity contribution in [3.05, 3.63) is 0 Å². The summed E-state index contributed by atoms with van der Waals surface area (Å²) in [7, 11) is 0. The first kappa shape index (κ1) is 15.8. The monoisotopic (exact) mass is 280 g/mol. The van der Waals surface area contributed by atoms with Gasteiger partial charge in [0, 0.05) is 24.5 Å². The minimum Gasteiger partial charge on any atom is -0.339 e. The zero-order valence-corrected chi connectivity index (χ0v) is 13.5. The highest BCUT2D eigenvalue weighted by Gasteiger charge is 2.37. The molecule has 2 fully saturated rings. The molecule has 0 aromatic rings. The summed E-state index contributed by atoms with van der Waals surface area (Å²) in [5.74, 6) is 1.45. The van der Waals surface area contributed by atoms with Crippen molar-refractivity contribution < 1.29 is 4.79 Å². The second-order valence-electron chi connectivity index (χ2n) is 7.38. The Balaban J connectivity index is 2.08. The van der Waals surface area contributed by atoms with Crippen LogP contribution in [0.15, 0.2) is 0 Å². The third kappa shape index (κ3) is 3.55. The van der Waals surface area contributed by atoms with Crippen LogP contribution in [0.5, 0.6) is 0 Å². The number of hydrogen-bond donors (Lipinski definition) is 1. The van der Waals surface area contributed by atoms with Gasteiger partial charge in [0.1, 0.15) is 0 Å². The van der Waals surface area contributed by atoms with Crippen LogP contribution in [0.4, 0.5) is 0 Å². The minimum atomic E-state index is 0.165. The Bertz CT molecular complexity index is 323. The first-order valence-electron chi connectivity index (χ1n) is 8.56. The molecule has 3 unspecified atom stereocenters. The van der Waals surface area contributed by atoms with E-state index in [2.05, 4.69) is 25.7 Å². The van der Waals surface area contributed by atoms with Crippen molar-refractivity contribution in [2.24, 2.45) is 23.5 Å². The molecule has 0 radical (unpaired) electrons. The molecular formula is C17H32N2O. The van der Waals surface area contributed by atoms with Crippen LogP contribution in [0.1, 0.15) is 65.7 Å². The van der Waals surface area contributed by atoms with Crippen molar-refractivity contribution in [2.45, 2.75) is 77.8 Å². The van der Waals surface area contributed by atoms with Crippen LogP contribution in [0, 0.1) is 17.8 Å². The molecular weight excluding hydrogens is 248 g/mol. The maximum Gasteiger partial charge on any atom is 0.226 e. The Hall–Kier alpha value is -0.570. The van der Waals surface area contributed by atoms with Crippen molar-refractivity contribution in [3.8, 4) is 0 Å². The summed E-state index contributed by atoms with van der Waals surface area (Å²) in [5, 5.41) is 0. The van der Waals surface area contributed by atoms with Crippen molar-refractivity contribution in [2.75, 3.05) is 6.54 Å². The molecule has 0 bridgehead atoms. The molecule has 20 heavy (non-hydrogen) atoms. The first-order valence-corrected chi connectivity index (χ1v) is 8.56. The lowest BCUT2D eigenvalue weighted by Gasteiger charge is -2.39. The Morgan fingerprint density at radius 1 is 1.15 bits per heavy atom. The molecule has 3 heteroatoms. The molecule has 0 saturated heterocycles. The van der Waals surface area contributed by atoms with Crippen LogP contribution in [-0.2, 0) is 4.79 Å². The molecule has 0 heterocycles. The van der Waals surface area contributed by atoms with Crippen LogP contribution in [-0.4, -0.2) is 29.4 Å². The van der Waals surface area contributed by atoms with E-state index in [1.807, 2.05) is 0 Å². The average molecular weight is 280 g/mol.